The van der Waals surface area contributed by atoms with Crippen LogP contribution in [0, 0.1) is 11.3 Å². The van der Waals surface area contributed by atoms with Crippen molar-refractivity contribution in [2.24, 2.45) is 0 Å². The Morgan fingerprint density at radius 3 is 2.95 bits per heavy atom. The average Bonchev–Trinajstić information content (AvgIpc) is 3.03. The van der Waals surface area contributed by atoms with Crippen molar-refractivity contribution >= 4 is 17.4 Å². The van der Waals surface area contributed by atoms with Crippen molar-refractivity contribution in [3.8, 4) is 6.07 Å². The molecule has 1 aromatic rings. The maximum atomic E-state index is 12.0. The Morgan fingerprint density at radius 2 is 2.33 bits per heavy atom. The highest BCUT2D eigenvalue weighted by molar-refractivity contribution is 7.12. The van der Waals surface area contributed by atoms with Crippen molar-refractivity contribution in [2.45, 2.75) is 45.4 Å². The topological polar surface area (TPSA) is 65.4 Å². The average molecular weight is 307 g/mol. The van der Waals surface area contributed by atoms with E-state index >= 15 is 0 Å². The highest BCUT2D eigenvalue weighted by atomic mass is 32.1. The van der Waals surface area contributed by atoms with Gasteiger partial charge in [-0.25, -0.2) is 4.79 Å². The number of nitriles is 1. The summed E-state index contributed by atoms with van der Waals surface area (Å²) in [4.78, 5) is 15.6. The van der Waals surface area contributed by atoms with Crippen molar-refractivity contribution in [3.63, 3.8) is 0 Å². The lowest BCUT2D eigenvalue weighted by Gasteiger charge is -2.24. The fourth-order valence-electron chi connectivity index (χ4n) is 2.20. The molecule has 1 aliphatic heterocycles. The number of nitrogens with one attached hydrogen (secondary N) is 1. The van der Waals surface area contributed by atoms with Gasteiger partial charge in [-0.1, -0.05) is 0 Å². The minimum absolute atomic E-state index is 0.241. The molecule has 0 aliphatic carbocycles. The summed E-state index contributed by atoms with van der Waals surface area (Å²) in [5, 5.41) is 12.2. The third-order valence-corrected chi connectivity index (χ3v) is 4.17. The lowest BCUT2D eigenvalue weighted by molar-refractivity contribution is 0.0291. The smallest absolute Gasteiger partial charge is 0.410 e. The third-order valence-electron chi connectivity index (χ3n) is 3.18. The minimum Gasteiger partial charge on any atom is -0.444 e. The lowest BCUT2D eigenvalue weighted by Crippen LogP contribution is -2.38. The zero-order valence-corrected chi connectivity index (χ0v) is 13.5. The second-order valence-corrected chi connectivity index (χ2v) is 7.34. The van der Waals surface area contributed by atoms with E-state index in [1.807, 2.05) is 32.9 Å². The molecule has 1 aliphatic rings. The molecule has 5 nitrogen and oxygen atoms in total. The van der Waals surface area contributed by atoms with Gasteiger partial charge in [0.05, 0.1) is 0 Å². The van der Waals surface area contributed by atoms with Crippen molar-refractivity contribution in [1.82, 2.24) is 10.2 Å². The molecule has 2 heterocycles. The van der Waals surface area contributed by atoms with Crippen LogP contribution in [0.2, 0.25) is 0 Å². The normalized spacial score (nSPS) is 18.6. The molecule has 0 aromatic carbocycles. The van der Waals surface area contributed by atoms with Gasteiger partial charge in [-0.15, -0.1) is 11.3 Å². The van der Waals surface area contributed by atoms with Gasteiger partial charge in [0, 0.05) is 30.6 Å². The third kappa shape index (κ3) is 4.73. The van der Waals surface area contributed by atoms with Crippen LogP contribution < -0.4 is 5.32 Å². The van der Waals surface area contributed by atoms with Crippen molar-refractivity contribution in [3.05, 3.63) is 21.9 Å². The van der Waals surface area contributed by atoms with Crippen LogP contribution in [0.1, 0.15) is 36.9 Å². The minimum atomic E-state index is -0.451. The molecular weight excluding hydrogens is 286 g/mol. The van der Waals surface area contributed by atoms with Gasteiger partial charge in [-0.05, 0) is 39.3 Å². The van der Waals surface area contributed by atoms with Crippen LogP contribution in [0.25, 0.3) is 0 Å². The molecule has 1 saturated heterocycles. The molecule has 1 atom stereocenters. The highest BCUT2D eigenvalue weighted by Crippen LogP contribution is 2.18. The largest absolute Gasteiger partial charge is 0.444 e. The van der Waals surface area contributed by atoms with E-state index in [1.54, 1.807) is 4.90 Å². The summed E-state index contributed by atoms with van der Waals surface area (Å²) in [6, 6.07) is 6.23. The monoisotopic (exact) mass is 307 g/mol. The summed E-state index contributed by atoms with van der Waals surface area (Å²) in [5.41, 5.74) is -0.451. The zero-order valence-electron chi connectivity index (χ0n) is 12.7. The van der Waals surface area contributed by atoms with E-state index in [9.17, 15) is 4.79 Å². The van der Waals surface area contributed by atoms with E-state index in [0.717, 1.165) is 29.3 Å². The van der Waals surface area contributed by atoms with Crippen LogP contribution in [0.5, 0.6) is 0 Å². The van der Waals surface area contributed by atoms with Crippen LogP contribution >= 0.6 is 11.3 Å². The summed E-state index contributed by atoms with van der Waals surface area (Å²) >= 11 is 1.50. The number of amides is 1. The second-order valence-electron chi connectivity index (χ2n) is 6.17. The zero-order chi connectivity index (χ0) is 15.5. The van der Waals surface area contributed by atoms with Crippen LogP contribution in [0.3, 0.4) is 0 Å². The van der Waals surface area contributed by atoms with E-state index in [4.69, 9.17) is 10.00 Å². The number of carbonyl (C=O) groups is 1. The molecule has 21 heavy (non-hydrogen) atoms. The Balaban J connectivity index is 1.77. The predicted octanol–water partition coefficient (Wildman–Crippen LogP) is 2.72. The van der Waals surface area contributed by atoms with E-state index in [0.29, 0.717) is 6.54 Å². The molecule has 0 bridgehead atoms. The van der Waals surface area contributed by atoms with Gasteiger partial charge in [-0.3, -0.25) is 0 Å². The fraction of sp³-hybridized carbons (Fsp3) is 0.600. The Kier molecular flexibility index (Phi) is 4.86. The molecule has 1 fully saturated rings. The maximum Gasteiger partial charge on any atom is 0.410 e. The van der Waals surface area contributed by atoms with Crippen LogP contribution in [0.4, 0.5) is 4.79 Å². The van der Waals surface area contributed by atoms with Gasteiger partial charge in [0.2, 0.25) is 0 Å². The van der Waals surface area contributed by atoms with Gasteiger partial charge in [0.1, 0.15) is 16.5 Å². The Labute approximate surface area is 129 Å². The molecular formula is C15H21N3O2S. The Hall–Kier alpha value is -1.58. The van der Waals surface area contributed by atoms with E-state index in [2.05, 4.69) is 11.4 Å². The predicted molar refractivity (Wildman–Crippen MR) is 82.1 cm³/mol. The van der Waals surface area contributed by atoms with Gasteiger partial charge in [0.25, 0.3) is 0 Å². The van der Waals surface area contributed by atoms with E-state index < -0.39 is 5.60 Å². The lowest BCUT2D eigenvalue weighted by atomic mass is 10.2. The van der Waals surface area contributed by atoms with Crippen LogP contribution in [-0.4, -0.2) is 35.7 Å². The van der Waals surface area contributed by atoms with Gasteiger partial charge in [-0.2, -0.15) is 5.26 Å². The van der Waals surface area contributed by atoms with Gasteiger partial charge in [0.15, 0.2) is 0 Å². The summed E-state index contributed by atoms with van der Waals surface area (Å²) in [6.07, 6.45) is 0.685. The quantitative estimate of drug-likeness (QED) is 0.932. The Bertz CT molecular complexity index is 542. The van der Waals surface area contributed by atoms with Crippen LogP contribution in [-0.2, 0) is 11.3 Å². The van der Waals surface area contributed by atoms with Gasteiger partial charge >= 0.3 is 6.09 Å². The molecule has 1 aromatic heterocycles. The summed E-state index contributed by atoms with van der Waals surface area (Å²) in [5.74, 6) is 0. The van der Waals surface area contributed by atoms with Gasteiger partial charge < -0.3 is 15.0 Å². The van der Waals surface area contributed by atoms with Crippen molar-refractivity contribution in [1.29, 1.82) is 5.26 Å². The molecule has 0 spiro atoms. The standard InChI is InChI=1S/C15H21N3O2S/c1-15(2,3)20-14(19)18-7-6-11(10-18)17-9-13-5-4-12(8-16)21-13/h4-5,11,17H,6-7,9-10H2,1-3H3. The first-order valence-corrected chi connectivity index (χ1v) is 7.89. The second kappa shape index (κ2) is 6.46. The van der Waals surface area contributed by atoms with Crippen molar-refractivity contribution < 1.29 is 9.53 Å². The molecule has 114 valence electrons. The number of thiophene rings is 1. The molecule has 1 N–H and O–H groups in total. The summed E-state index contributed by atoms with van der Waals surface area (Å²) in [7, 11) is 0. The summed E-state index contributed by atoms with van der Waals surface area (Å²) < 4.78 is 5.38. The number of carbonyl (C=O) groups excluding carboxylic acids is 1. The number of hydrogen-bond donors (Lipinski definition) is 1. The first kappa shape index (κ1) is 15.8. The molecule has 1 amide bonds. The van der Waals surface area contributed by atoms with E-state index in [-0.39, 0.29) is 12.1 Å². The number of ether oxygens (including phenoxy) is 1. The first-order valence-electron chi connectivity index (χ1n) is 7.07. The molecule has 6 heteroatoms. The number of likely N-dealkylation sites (tertiary alicyclic amines) is 1. The van der Waals surface area contributed by atoms with E-state index in [1.165, 1.54) is 11.3 Å². The fourth-order valence-corrected chi connectivity index (χ4v) is 2.95. The number of rotatable bonds is 3. The highest BCUT2D eigenvalue weighted by Gasteiger charge is 2.29. The maximum absolute atomic E-state index is 12.0. The van der Waals surface area contributed by atoms with Crippen molar-refractivity contribution in [2.75, 3.05) is 13.1 Å². The molecule has 2 rings (SSSR count). The number of nitrogens with zero attached hydrogens (tertiary/aromatic N) is 2. The molecule has 1 unspecified atom stereocenters. The Morgan fingerprint density at radius 1 is 1.57 bits per heavy atom. The first-order chi connectivity index (χ1) is 9.87. The summed E-state index contributed by atoms with van der Waals surface area (Å²) in [6.45, 7) is 7.76. The number of hydrogen-bond acceptors (Lipinski definition) is 5. The molecule has 0 saturated carbocycles. The van der Waals surface area contributed by atoms with Crippen LogP contribution in [0.15, 0.2) is 12.1 Å². The SMILES string of the molecule is CC(C)(C)OC(=O)N1CCC(NCc2ccc(C#N)s2)C1. The molecule has 0 radical (unpaired) electrons.